The SMILES string of the molecule is CC(COc1cc(C(C)(C)C)sc1C(=O)O)C(N)=O. The number of rotatable bonds is 5. The molecule has 106 valence electrons. The highest BCUT2D eigenvalue weighted by atomic mass is 32.1. The molecular weight excluding hydrogens is 266 g/mol. The standard InChI is InChI=1S/C13H19NO4S/c1-7(11(14)15)6-18-8-5-9(13(2,3)4)19-10(8)12(16)17/h5,7H,6H2,1-4H3,(H2,14,15)(H,16,17). The number of carboxylic acid groups (broad SMARTS) is 1. The third-order valence-electron chi connectivity index (χ3n) is 2.61. The van der Waals surface area contributed by atoms with Crippen LogP contribution in [0.5, 0.6) is 5.75 Å². The lowest BCUT2D eigenvalue weighted by molar-refractivity contribution is -0.122. The zero-order valence-electron chi connectivity index (χ0n) is 11.5. The number of thiophene rings is 1. The molecule has 1 heterocycles. The maximum absolute atomic E-state index is 11.2. The van der Waals surface area contributed by atoms with Crippen molar-refractivity contribution in [2.24, 2.45) is 11.7 Å². The van der Waals surface area contributed by atoms with Gasteiger partial charge in [-0.2, -0.15) is 0 Å². The van der Waals surface area contributed by atoms with Crippen molar-refractivity contribution in [3.05, 3.63) is 15.8 Å². The molecule has 1 aromatic heterocycles. The molecular formula is C13H19NO4S. The van der Waals surface area contributed by atoms with Crippen LogP contribution >= 0.6 is 11.3 Å². The maximum atomic E-state index is 11.2. The largest absolute Gasteiger partial charge is 0.491 e. The van der Waals surface area contributed by atoms with Gasteiger partial charge in [0.25, 0.3) is 0 Å². The molecule has 0 aliphatic carbocycles. The Morgan fingerprint density at radius 3 is 2.47 bits per heavy atom. The van der Waals surface area contributed by atoms with Crippen LogP contribution in [0.15, 0.2) is 6.07 Å². The molecule has 1 rings (SSSR count). The minimum atomic E-state index is -1.03. The van der Waals surface area contributed by atoms with E-state index < -0.39 is 17.8 Å². The number of aromatic carboxylic acids is 1. The summed E-state index contributed by atoms with van der Waals surface area (Å²) >= 11 is 1.19. The number of nitrogens with two attached hydrogens (primary N) is 1. The zero-order valence-corrected chi connectivity index (χ0v) is 12.3. The van der Waals surface area contributed by atoms with Crippen molar-refractivity contribution in [3.8, 4) is 5.75 Å². The molecule has 0 bridgehead atoms. The summed E-state index contributed by atoms with van der Waals surface area (Å²) in [6.07, 6.45) is 0. The molecule has 0 spiro atoms. The van der Waals surface area contributed by atoms with Crippen molar-refractivity contribution < 1.29 is 19.4 Å². The van der Waals surface area contributed by atoms with Crippen LogP contribution in [0.3, 0.4) is 0 Å². The van der Waals surface area contributed by atoms with Crippen molar-refractivity contribution in [1.29, 1.82) is 0 Å². The van der Waals surface area contributed by atoms with Gasteiger partial charge in [0.15, 0.2) is 4.88 Å². The number of ether oxygens (including phenoxy) is 1. The summed E-state index contributed by atoms with van der Waals surface area (Å²) in [5, 5.41) is 9.16. The molecule has 1 aromatic rings. The van der Waals surface area contributed by atoms with Gasteiger partial charge >= 0.3 is 5.97 Å². The second kappa shape index (κ2) is 5.61. The predicted molar refractivity (Wildman–Crippen MR) is 73.8 cm³/mol. The Morgan fingerprint density at radius 2 is 2.05 bits per heavy atom. The van der Waals surface area contributed by atoms with Crippen molar-refractivity contribution in [2.75, 3.05) is 6.61 Å². The summed E-state index contributed by atoms with van der Waals surface area (Å²) < 4.78 is 5.43. The molecule has 5 nitrogen and oxygen atoms in total. The third-order valence-corrected chi connectivity index (χ3v) is 4.14. The molecule has 3 N–H and O–H groups in total. The van der Waals surface area contributed by atoms with Crippen LogP contribution in [0.2, 0.25) is 0 Å². The van der Waals surface area contributed by atoms with Crippen LogP contribution in [0, 0.1) is 5.92 Å². The first-order valence-electron chi connectivity index (χ1n) is 5.92. The Hall–Kier alpha value is -1.56. The highest BCUT2D eigenvalue weighted by Gasteiger charge is 2.24. The Bertz CT molecular complexity index is 487. The second-order valence-corrected chi connectivity index (χ2v) is 6.53. The first-order valence-corrected chi connectivity index (χ1v) is 6.74. The molecule has 0 fully saturated rings. The maximum Gasteiger partial charge on any atom is 0.349 e. The minimum Gasteiger partial charge on any atom is -0.491 e. The Morgan fingerprint density at radius 1 is 1.47 bits per heavy atom. The van der Waals surface area contributed by atoms with E-state index in [-0.39, 0.29) is 16.9 Å². The molecule has 0 saturated carbocycles. The van der Waals surface area contributed by atoms with E-state index in [1.165, 1.54) is 11.3 Å². The average Bonchev–Trinajstić information content (AvgIpc) is 2.69. The van der Waals surface area contributed by atoms with Gasteiger partial charge in [-0.1, -0.05) is 27.7 Å². The van der Waals surface area contributed by atoms with E-state index in [1.807, 2.05) is 20.8 Å². The highest BCUT2D eigenvalue weighted by Crippen LogP contribution is 2.36. The number of hydrogen-bond acceptors (Lipinski definition) is 4. The van der Waals surface area contributed by atoms with Gasteiger partial charge in [0.2, 0.25) is 5.91 Å². The normalized spacial score (nSPS) is 13.1. The third kappa shape index (κ3) is 3.96. The fourth-order valence-electron chi connectivity index (χ4n) is 1.30. The number of carbonyl (C=O) groups excluding carboxylic acids is 1. The molecule has 0 aromatic carbocycles. The van der Waals surface area contributed by atoms with Crippen molar-refractivity contribution >= 4 is 23.2 Å². The molecule has 1 unspecified atom stereocenters. The fourth-order valence-corrected chi connectivity index (χ4v) is 2.29. The topological polar surface area (TPSA) is 89.6 Å². The van der Waals surface area contributed by atoms with Gasteiger partial charge in [-0.05, 0) is 11.5 Å². The second-order valence-electron chi connectivity index (χ2n) is 5.47. The molecule has 1 atom stereocenters. The van der Waals surface area contributed by atoms with Crippen LogP contribution in [-0.4, -0.2) is 23.6 Å². The first-order chi connectivity index (χ1) is 8.62. The number of primary amides is 1. The molecule has 6 heteroatoms. The van der Waals surface area contributed by atoms with Gasteiger partial charge in [0.1, 0.15) is 5.75 Å². The molecule has 0 radical (unpaired) electrons. The fraction of sp³-hybridized carbons (Fsp3) is 0.538. The monoisotopic (exact) mass is 285 g/mol. The molecule has 0 saturated heterocycles. The quantitative estimate of drug-likeness (QED) is 0.868. The van der Waals surface area contributed by atoms with Crippen molar-refractivity contribution in [2.45, 2.75) is 33.1 Å². The van der Waals surface area contributed by atoms with Crippen LogP contribution in [-0.2, 0) is 10.2 Å². The van der Waals surface area contributed by atoms with Gasteiger partial charge < -0.3 is 15.6 Å². The van der Waals surface area contributed by atoms with E-state index in [0.29, 0.717) is 5.75 Å². The summed E-state index contributed by atoms with van der Waals surface area (Å²) in [6.45, 7) is 7.72. The number of carbonyl (C=O) groups is 2. The molecule has 1 amide bonds. The minimum absolute atomic E-state index is 0.0793. The first kappa shape index (κ1) is 15.5. The van der Waals surface area contributed by atoms with Gasteiger partial charge in [0.05, 0.1) is 12.5 Å². The van der Waals surface area contributed by atoms with Gasteiger partial charge in [-0.3, -0.25) is 4.79 Å². The number of carboxylic acids is 1. The van der Waals surface area contributed by atoms with Crippen molar-refractivity contribution in [1.82, 2.24) is 0 Å². The summed E-state index contributed by atoms with van der Waals surface area (Å²) in [6, 6.07) is 1.72. The van der Waals surface area contributed by atoms with E-state index in [2.05, 4.69) is 0 Å². The molecule has 0 aliphatic rings. The lowest BCUT2D eigenvalue weighted by Gasteiger charge is -2.15. The average molecular weight is 285 g/mol. The molecule has 19 heavy (non-hydrogen) atoms. The van der Waals surface area contributed by atoms with E-state index >= 15 is 0 Å². The van der Waals surface area contributed by atoms with E-state index in [4.69, 9.17) is 15.6 Å². The van der Waals surface area contributed by atoms with Crippen molar-refractivity contribution in [3.63, 3.8) is 0 Å². The van der Waals surface area contributed by atoms with Crippen LogP contribution in [0.4, 0.5) is 0 Å². The lowest BCUT2D eigenvalue weighted by atomic mass is 9.95. The summed E-state index contributed by atoms with van der Waals surface area (Å²) in [5.74, 6) is -1.65. The molecule has 0 aliphatic heterocycles. The van der Waals surface area contributed by atoms with Gasteiger partial charge in [-0.15, -0.1) is 11.3 Å². The van der Waals surface area contributed by atoms with Crippen LogP contribution in [0.25, 0.3) is 0 Å². The smallest absolute Gasteiger partial charge is 0.349 e. The Kier molecular flexibility index (Phi) is 4.57. The van der Waals surface area contributed by atoms with Crippen LogP contribution < -0.4 is 10.5 Å². The van der Waals surface area contributed by atoms with E-state index in [1.54, 1.807) is 13.0 Å². The Labute approximate surface area is 116 Å². The number of amides is 1. The summed E-state index contributed by atoms with van der Waals surface area (Å²) in [7, 11) is 0. The van der Waals surface area contributed by atoms with Gasteiger partial charge in [-0.25, -0.2) is 4.79 Å². The number of hydrogen-bond donors (Lipinski definition) is 2. The van der Waals surface area contributed by atoms with E-state index in [0.717, 1.165) is 4.88 Å². The lowest BCUT2D eigenvalue weighted by Crippen LogP contribution is -2.25. The van der Waals surface area contributed by atoms with Gasteiger partial charge in [0, 0.05) is 4.88 Å². The highest BCUT2D eigenvalue weighted by molar-refractivity contribution is 7.14. The van der Waals surface area contributed by atoms with Crippen LogP contribution in [0.1, 0.15) is 42.2 Å². The zero-order chi connectivity index (χ0) is 14.8. The predicted octanol–water partition coefficient (Wildman–Crippen LogP) is 2.24. The summed E-state index contributed by atoms with van der Waals surface area (Å²) in [4.78, 5) is 23.2. The van der Waals surface area contributed by atoms with E-state index in [9.17, 15) is 9.59 Å². The summed E-state index contributed by atoms with van der Waals surface area (Å²) in [5.41, 5.74) is 4.99. The Balaban J connectivity index is 2.96.